The zero-order valence-electron chi connectivity index (χ0n) is 13.0. The smallest absolute Gasteiger partial charge is 0.348 e. The zero-order chi connectivity index (χ0) is 16.4. The molecule has 1 aromatic heterocycles. The monoisotopic (exact) mass is 302 g/mol. The highest BCUT2D eigenvalue weighted by Crippen LogP contribution is 2.05. The van der Waals surface area contributed by atoms with Gasteiger partial charge in [-0.05, 0) is 32.9 Å². The van der Waals surface area contributed by atoms with E-state index in [9.17, 15) is 14.4 Å². The molecule has 0 aliphatic heterocycles. The van der Waals surface area contributed by atoms with Crippen molar-refractivity contribution in [2.24, 2.45) is 7.05 Å². The molecule has 0 atom stereocenters. The summed E-state index contributed by atoms with van der Waals surface area (Å²) >= 11 is 0. The van der Waals surface area contributed by atoms with Gasteiger partial charge < -0.3 is 5.32 Å². The molecule has 1 aromatic carbocycles. The molecule has 116 valence electrons. The molecule has 0 radical (unpaired) electrons. The maximum absolute atomic E-state index is 12.2. The summed E-state index contributed by atoms with van der Waals surface area (Å²) < 4.78 is 1.93. The summed E-state index contributed by atoms with van der Waals surface area (Å²) in [5, 5.41) is 6.55. The Bertz CT molecular complexity index is 816. The fraction of sp³-hybridized carbons (Fsp3) is 0.333. The zero-order valence-corrected chi connectivity index (χ0v) is 13.0. The van der Waals surface area contributed by atoms with Crippen LogP contribution in [0.5, 0.6) is 0 Å². The standard InChI is InChI=1S/C15H18N4O3/c1-9(2)16-13(20)12-14(21)18(4)15(22)19(17-12)11-7-5-10(3)6-8-11/h5-9H,1-4H3,(H,16,20). The van der Waals surface area contributed by atoms with E-state index in [1.54, 1.807) is 26.0 Å². The van der Waals surface area contributed by atoms with Crippen molar-refractivity contribution in [3.63, 3.8) is 0 Å². The van der Waals surface area contributed by atoms with Crippen LogP contribution in [0.2, 0.25) is 0 Å². The van der Waals surface area contributed by atoms with Gasteiger partial charge in [-0.3, -0.25) is 14.2 Å². The van der Waals surface area contributed by atoms with Crippen molar-refractivity contribution in [3.05, 3.63) is 56.4 Å². The Labute approximate surface area is 127 Å². The minimum atomic E-state index is -0.716. The van der Waals surface area contributed by atoms with Crippen LogP contribution in [0.1, 0.15) is 29.9 Å². The van der Waals surface area contributed by atoms with E-state index in [0.29, 0.717) is 5.69 Å². The highest BCUT2D eigenvalue weighted by molar-refractivity contribution is 5.91. The van der Waals surface area contributed by atoms with Gasteiger partial charge in [-0.25, -0.2) is 4.79 Å². The van der Waals surface area contributed by atoms with Gasteiger partial charge >= 0.3 is 5.69 Å². The summed E-state index contributed by atoms with van der Waals surface area (Å²) in [4.78, 5) is 36.4. The molecule has 1 heterocycles. The molecule has 2 rings (SSSR count). The quantitative estimate of drug-likeness (QED) is 0.888. The molecular weight excluding hydrogens is 284 g/mol. The lowest BCUT2D eigenvalue weighted by Crippen LogP contribution is -2.45. The topological polar surface area (TPSA) is 86.0 Å². The first-order valence-electron chi connectivity index (χ1n) is 6.89. The largest absolute Gasteiger partial charge is 0.351 e. The lowest BCUT2D eigenvalue weighted by molar-refractivity contribution is 0.0933. The van der Waals surface area contributed by atoms with E-state index in [1.807, 2.05) is 19.1 Å². The maximum atomic E-state index is 12.2. The van der Waals surface area contributed by atoms with Crippen LogP contribution in [-0.4, -0.2) is 26.3 Å². The molecule has 22 heavy (non-hydrogen) atoms. The normalized spacial score (nSPS) is 10.8. The molecule has 2 aromatic rings. The number of carbonyl (C=O) groups is 1. The molecule has 0 unspecified atom stereocenters. The summed E-state index contributed by atoms with van der Waals surface area (Å²) in [6.07, 6.45) is 0. The van der Waals surface area contributed by atoms with E-state index in [0.717, 1.165) is 14.8 Å². The van der Waals surface area contributed by atoms with E-state index in [2.05, 4.69) is 10.4 Å². The molecule has 0 saturated carbocycles. The minimum Gasteiger partial charge on any atom is -0.348 e. The van der Waals surface area contributed by atoms with E-state index in [-0.39, 0.29) is 11.7 Å². The molecule has 0 fully saturated rings. The van der Waals surface area contributed by atoms with Gasteiger partial charge in [0.25, 0.3) is 11.5 Å². The van der Waals surface area contributed by atoms with Crippen molar-refractivity contribution in [2.45, 2.75) is 26.8 Å². The summed E-state index contributed by atoms with van der Waals surface area (Å²) in [6, 6.07) is 6.92. The Balaban J connectivity index is 2.63. The molecule has 0 aliphatic rings. The first-order valence-corrected chi connectivity index (χ1v) is 6.89. The molecular formula is C15H18N4O3. The lowest BCUT2D eigenvalue weighted by atomic mass is 10.2. The van der Waals surface area contributed by atoms with Gasteiger partial charge in [-0.15, -0.1) is 0 Å². The van der Waals surface area contributed by atoms with Crippen LogP contribution in [-0.2, 0) is 7.05 Å². The van der Waals surface area contributed by atoms with Gasteiger partial charge in [0.1, 0.15) is 0 Å². The van der Waals surface area contributed by atoms with Crippen molar-refractivity contribution < 1.29 is 4.79 Å². The van der Waals surface area contributed by atoms with Gasteiger partial charge in [0.15, 0.2) is 0 Å². The molecule has 0 spiro atoms. The van der Waals surface area contributed by atoms with Crippen molar-refractivity contribution in [3.8, 4) is 5.69 Å². The Morgan fingerprint density at radius 1 is 1.18 bits per heavy atom. The van der Waals surface area contributed by atoms with E-state index in [4.69, 9.17) is 0 Å². The van der Waals surface area contributed by atoms with E-state index < -0.39 is 17.2 Å². The van der Waals surface area contributed by atoms with Gasteiger partial charge in [0.05, 0.1) is 5.69 Å². The van der Waals surface area contributed by atoms with Crippen LogP contribution in [0.3, 0.4) is 0 Å². The van der Waals surface area contributed by atoms with Gasteiger partial charge in [-0.1, -0.05) is 17.7 Å². The first-order chi connectivity index (χ1) is 10.3. The predicted octanol–water partition coefficient (Wildman–Crippen LogP) is 0.378. The average Bonchev–Trinajstić information content (AvgIpc) is 2.45. The number of rotatable bonds is 3. The van der Waals surface area contributed by atoms with Crippen LogP contribution in [0.15, 0.2) is 33.9 Å². The second-order valence-electron chi connectivity index (χ2n) is 5.37. The summed E-state index contributed by atoms with van der Waals surface area (Å²) in [5.74, 6) is -0.600. The van der Waals surface area contributed by atoms with Gasteiger partial charge in [0, 0.05) is 13.1 Å². The third-order valence-electron chi connectivity index (χ3n) is 3.09. The van der Waals surface area contributed by atoms with Gasteiger partial charge in [-0.2, -0.15) is 9.78 Å². The van der Waals surface area contributed by atoms with Crippen LogP contribution in [0, 0.1) is 6.92 Å². The fourth-order valence-corrected chi connectivity index (χ4v) is 1.90. The Kier molecular flexibility index (Phi) is 4.25. The van der Waals surface area contributed by atoms with Crippen LogP contribution >= 0.6 is 0 Å². The lowest BCUT2D eigenvalue weighted by Gasteiger charge is -2.11. The second-order valence-corrected chi connectivity index (χ2v) is 5.37. The Morgan fingerprint density at radius 2 is 1.77 bits per heavy atom. The minimum absolute atomic E-state index is 0.140. The van der Waals surface area contributed by atoms with Crippen LogP contribution in [0.25, 0.3) is 5.69 Å². The van der Waals surface area contributed by atoms with Crippen LogP contribution in [0.4, 0.5) is 0 Å². The maximum Gasteiger partial charge on any atom is 0.351 e. The summed E-state index contributed by atoms with van der Waals surface area (Å²) in [7, 11) is 1.32. The number of nitrogens with one attached hydrogen (secondary N) is 1. The first kappa shape index (κ1) is 15.7. The van der Waals surface area contributed by atoms with Crippen molar-refractivity contribution in [2.75, 3.05) is 0 Å². The second kappa shape index (κ2) is 5.97. The predicted molar refractivity (Wildman–Crippen MR) is 82.4 cm³/mol. The number of carbonyl (C=O) groups excluding carboxylic acids is 1. The molecule has 0 saturated heterocycles. The number of benzene rings is 1. The fourth-order valence-electron chi connectivity index (χ4n) is 1.90. The number of hydrogen-bond acceptors (Lipinski definition) is 4. The van der Waals surface area contributed by atoms with E-state index in [1.165, 1.54) is 7.05 Å². The molecule has 1 N–H and O–H groups in total. The van der Waals surface area contributed by atoms with Crippen molar-refractivity contribution in [1.29, 1.82) is 0 Å². The number of aryl methyl sites for hydroxylation is 1. The molecule has 1 amide bonds. The highest BCUT2D eigenvalue weighted by atomic mass is 16.2. The SMILES string of the molecule is Cc1ccc(-n2nc(C(=O)NC(C)C)c(=O)n(C)c2=O)cc1. The number of amides is 1. The third-order valence-corrected chi connectivity index (χ3v) is 3.09. The summed E-state index contributed by atoms with van der Waals surface area (Å²) in [6.45, 7) is 5.47. The average molecular weight is 302 g/mol. The molecule has 0 bridgehead atoms. The third kappa shape index (κ3) is 2.98. The number of aromatic nitrogens is 3. The van der Waals surface area contributed by atoms with Crippen LogP contribution < -0.4 is 16.6 Å². The van der Waals surface area contributed by atoms with Crippen molar-refractivity contribution >= 4 is 5.91 Å². The molecule has 7 nitrogen and oxygen atoms in total. The molecule has 7 heteroatoms. The highest BCUT2D eigenvalue weighted by Gasteiger charge is 2.18. The van der Waals surface area contributed by atoms with E-state index >= 15 is 0 Å². The van der Waals surface area contributed by atoms with Gasteiger partial charge in [0.2, 0.25) is 5.69 Å². The number of nitrogens with zero attached hydrogens (tertiary/aromatic N) is 3. The van der Waals surface area contributed by atoms with Crippen molar-refractivity contribution in [1.82, 2.24) is 19.7 Å². The Hall–Kier alpha value is -2.70. The Morgan fingerprint density at radius 3 is 2.32 bits per heavy atom. The summed E-state index contributed by atoms with van der Waals surface area (Å²) in [5.41, 5.74) is -0.109. The molecule has 0 aliphatic carbocycles. The number of hydrogen-bond donors (Lipinski definition) is 1.